The average molecular weight is 144 g/mol. The minimum Gasteiger partial charge on any atom is -0.379 e. The van der Waals surface area contributed by atoms with Crippen LogP contribution in [0, 0.1) is 0 Å². The molecule has 2 atom stereocenters. The molecule has 1 aliphatic rings. The molecule has 0 aromatic carbocycles. The molecule has 10 heavy (non-hydrogen) atoms. The van der Waals surface area contributed by atoms with Gasteiger partial charge in [0.05, 0.1) is 13.2 Å². The standard InChI is InChI=1S/C7H16N2O/c1-6(8)4-7-5-10-3-2-9-7/h6-7,9H,2-5,8H2,1H3. The Morgan fingerprint density at radius 1 is 1.80 bits per heavy atom. The molecule has 0 aromatic heterocycles. The Balaban J connectivity index is 2.13. The van der Waals surface area contributed by atoms with Crippen LogP contribution in [0.15, 0.2) is 0 Å². The van der Waals surface area contributed by atoms with Crippen LogP contribution in [0.5, 0.6) is 0 Å². The lowest BCUT2D eigenvalue weighted by Gasteiger charge is -2.24. The van der Waals surface area contributed by atoms with E-state index < -0.39 is 0 Å². The van der Waals surface area contributed by atoms with Crippen LogP contribution in [0.25, 0.3) is 0 Å². The summed E-state index contributed by atoms with van der Waals surface area (Å²) in [5.41, 5.74) is 5.63. The van der Waals surface area contributed by atoms with Crippen molar-refractivity contribution >= 4 is 0 Å². The summed E-state index contributed by atoms with van der Waals surface area (Å²) in [6, 6.07) is 0.757. The van der Waals surface area contributed by atoms with Gasteiger partial charge in [-0.15, -0.1) is 0 Å². The van der Waals surface area contributed by atoms with Crippen molar-refractivity contribution in [1.29, 1.82) is 0 Å². The summed E-state index contributed by atoms with van der Waals surface area (Å²) in [6.07, 6.45) is 1.01. The maximum Gasteiger partial charge on any atom is 0.0620 e. The maximum absolute atomic E-state index is 5.63. The van der Waals surface area contributed by atoms with Crippen LogP contribution in [0.1, 0.15) is 13.3 Å². The molecule has 3 N–H and O–H groups in total. The number of ether oxygens (including phenoxy) is 1. The number of hydrogen-bond acceptors (Lipinski definition) is 3. The summed E-state index contributed by atoms with van der Waals surface area (Å²) in [4.78, 5) is 0. The van der Waals surface area contributed by atoms with Crippen LogP contribution in [0.2, 0.25) is 0 Å². The van der Waals surface area contributed by atoms with Crippen molar-refractivity contribution < 1.29 is 4.74 Å². The Hall–Kier alpha value is -0.120. The van der Waals surface area contributed by atoms with Gasteiger partial charge in [-0.05, 0) is 13.3 Å². The Morgan fingerprint density at radius 2 is 2.60 bits per heavy atom. The molecule has 0 aromatic rings. The Labute approximate surface area is 61.9 Å². The highest BCUT2D eigenvalue weighted by atomic mass is 16.5. The molecule has 2 unspecified atom stereocenters. The van der Waals surface area contributed by atoms with E-state index in [2.05, 4.69) is 5.32 Å². The van der Waals surface area contributed by atoms with Crippen molar-refractivity contribution in [2.45, 2.75) is 25.4 Å². The Bertz CT molecular complexity index is 89.6. The fourth-order valence-corrected chi connectivity index (χ4v) is 1.22. The third-order valence-corrected chi connectivity index (χ3v) is 1.65. The molecule has 0 radical (unpaired) electrons. The van der Waals surface area contributed by atoms with E-state index in [9.17, 15) is 0 Å². The number of rotatable bonds is 2. The first kappa shape index (κ1) is 7.98. The molecule has 1 saturated heterocycles. The Morgan fingerprint density at radius 3 is 3.10 bits per heavy atom. The van der Waals surface area contributed by atoms with Crippen molar-refractivity contribution in [3.05, 3.63) is 0 Å². The number of nitrogens with one attached hydrogen (secondary N) is 1. The molecule has 3 nitrogen and oxygen atoms in total. The van der Waals surface area contributed by atoms with Gasteiger partial charge in [-0.25, -0.2) is 0 Å². The summed E-state index contributed by atoms with van der Waals surface area (Å²) in [6.45, 7) is 4.66. The van der Waals surface area contributed by atoms with Crippen molar-refractivity contribution in [2.75, 3.05) is 19.8 Å². The minimum absolute atomic E-state index is 0.277. The van der Waals surface area contributed by atoms with E-state index in [-0.39, 0.29) is 6.04 Å². The molecule has 1 aliphatic heterocycles. The van der Waals surface area contributed by atoms with Crippen LogP contribution >= 0.6 is 0 Å². The van der Waals surface area contributed by atoms with Gasteiger partial charge in [0.1, 0.15) is 0 Å². The third-order valence-electron chi connectivity index (χ3n) is 1.65. The largest absolute Gasteiger partial charge is 0.379 e. The van der Waals surface area contributed by atoms with Gasteiger partial charge in [-0.1, -0.05) is 0 Å². The first-order valence-corrected chi connectivity index (χ1v) is 3.86. The lowest BCUT2D eigenvalue weighted by atomic mass is 10.1. The highest BCUT2D eigenvalue weighted by Crippen LogP contribution is 1.99. The average Bonchev–Trinajstić information content (AvgIpc) is 1.88. The fraction of sp³-hybridized carbons (Fsp3) is 1.00. The molecule has 1 fully saturated rings. The summed E-state index contributed by atoms with van der Waals surface area (Å²) in [5.74, 6) is 0. The summed E-state index contributed by atoms with van der Waals surface area (Å²) in [5, 5.41) is 3.35. The van der Waals surface area contributed by atoms with Gasteiger partial charge in [0.25, 0.3) is 0 Å². The van der Waals surface area contributed by atoms with Crippen molar-refractivity contribution in [1.82, 2.24) is 5.32 Å². The molecule has 0 amide bonds. The summed E-state index contributed by atoms with van der Waals surface area (Å²) < 4.78 is 5.26. The number of nitrogens with two attached hydrogens (primary N) is 1. The fourth-order valence-electron chi connectivity index (χ4n) is 1.22. The maximum atomic E-state index is 5.63. The molecular formula is C7H16N2O. The molecular weight excluding hydrogens is 128 g/mol. The van der Waals surface area contributed by atoms with Crippen molar-refractivity contribution in [2.24, 2.45) is 5.73 Å². The van der Waals surface area contributed by atoms with Crippen molar-refractivity contribution in [3.8, 4) is 0 Å². The first-order valence-electron chi connectivity index (χ1n) is 3.86. The van der Waals surface area contributed by atoms with Gasteiger partial charge in [-0.2, -0.15) is 0 Å². The SMILES string of the molecule is CC(N)CC1COCCN1. The lowest BCUT2D eigenvalue weighted by molar-refractivity contribution is 0.0725. The predicted octanol–water partition coefficient (Wildman–Crippen LogP) is -0.288. The minimum atomic E-state index is 0.277. The normalized spacial score (nSPS) is 30.0. The van der Waals surface area contributed by atoms with E-state index in [1.54, 1.807) is 0 Å². The summed E-state index contributed by atoms with van der Waals surface area (Å²) in [7, 11) is 0. The number of hydrogen-bond donors (Lipinski definition) is 2. The molecule has 60 valence electrons. The van der Waals surface area contributed by atoms with Crippen molar-refractivity contribution in [3.63, 3.8) is 0 Å². The smallest absolute Gasteiger partial charge is 0.0620 e. The van der Waals surface area contributed by atoms with Crippen LogP contribution in [-0.4, -0.2) is 31.8 Å². The second-order valence-corrected chi connectivity index (χ2v) is 2.94. The van der Waals surface area contributed by atoms with Crippen LogP contribution < -0.4 is 11.1 Å². The number of morpholine rings is 1. The zero-order chi connectivity index (χ0) is 7.40. The van der Waals surface area contributed by atoms with E-state index in [0.717, 1.165) is 26.2 Å². The molecule has 1 heterocycles. The van der Waals surface area contributed by atoms with Gasteiger partial charge >= 0.3 is 0 Å². The van der Waals surface area contributed by atoms with E-state index in [0.29, 0.717) is 6.04 Å². The second kappa shape index (κ2) is 3.91. The quantitative estimate of drug-likeness (QED) is 0.560. The highest BCUT2D eigenvalue weighted by Gasteiger charge is 2.13. The molecule has 0 spiro atoms. The van der Waals surface area contributed by atoms with Gasteiger partial charge in [0.2, 0.25) is 0 Å². The summed E-state index contributed by atoms with van der Waals surface area (Å²) >= 11 is 0. The van der Waals surface area contributed by atoms with Gasteiger partial charge in [-0.3, -0.25) is 0 Å². The van der Waals surface area contributed by atoms with Gasteiger partial charge in [0.15, 0.2) is 0 Å². The monoisotopic (exact) mass is 144 g/mol. The lowest BCUT2D eigenvalue weighted by Crippen LogP contribution is -2.43. The van der Waals surface area contributed by atoms with Gasteiger partial charge in [0, 0.05) is 18.6 Å². The molecule has 0 bridgehead atoms. The first-order chi connectivity index (χ1) is 4.79. The van der Waals surface area contributed by atoms with E-state index in [1.165, 1.54) is 0 Å². The van der Waals surface area contributed by atoms with Crippen LogP contribution in [0.3, 0.4) is 0 Å². The van der Waals surface area contributed by atoms with Gasteiger partial charge < -0.3 is 15.8 Å². The molecule has 3 heteroatoms. The van der Waals surface area contributed by atoms with Crippen LogP contribution in [0.4, 0.5) is 0 Å². The highest BCUT2D eigenvalue weighted by molar-refractivity contribution is 4.73. The Kier molecular flexibility index (Phi) is 3.12. The molecule has 0 saturated carbocycles. The third kappa shape index (κ3) is 2.64. The second-order valence-electron chi connectivity index (χ2n) is 2.94. The molecule has 0 aliphatic carbocycles. The van der Waals surface area contributed by atoms with E-state index >= 15 is 0 Å². The zero-order valence-corrected chi connectivity index (χ0v) is 6.47. The molecule has 1 rings (SSSR count). The topological polar surface area (TPSA) is 47.3 Å². The zero-order valence-electron chi connectivity index (χ0n) is 6.47. The van der Waals surface area contributed by atoms with E-state index in [4.69, 9.17) is 10.5 Å². The van der Waals surface area contributed by atoms with E-state index in [1.807, 2.05) is 6.92 Å². The predicted molar refractivity (Wildman–Crippen MR) is 40.9 cm³/mol. The van der Waals surface area contributed by atoms with Crippen LogP contribution in [-0.2, 0) is 4.74 Å².